The van der Waals surface area contributed by atoms with Gasteiger partial charge >= 0.3 is 6.18 Å². The predicted octanol–water partition coefficient (Wildman–Crippen LogP) is 4.92. The Hall–Kier alpha value is -2.92. The quantitative estimate of drug-likeness (QED) is 0.470. The summed E-state index contributed by atoms with van der Waals surface area (Å²) in [5.74, 6) is -1.30. The summed E-state index contributed by atoms with van der Waals surface area (Å²) in [6.45, 7) is 2.17. The first-order valence-corrected chi connectivity index (χ1v) is 10.2. The van der Waals surface area contributed by atoms with E-state index in [1.54, 1.807) is 0 Å². The van der Waals surface area contributed by atoms with Crippen LogP contribution in [-0.4, -0.2) is 33.8 Å². The number of carbonyl (C=O) groups is 2. The van der Waals surface area contributed by atoms with Crippen LogP contribution >= 0.6 is 22.9 Å². The van der Waals surface area contributed by atoms with Crippen molar-refractivity contribution >= 4 is 40.3 Å². The van der Waals surface area contributed by atoms with Crippen molar-refractivity contribution in [2.45, 2.75) is 25.4 Å². The molecule has 0 fully saturated rings. The molecule has 31 heavy (non-hydrogen) atoms. The minimum absolute atomic E-state index is 0.0366. The minimum atomic E-state index is -4.84. The molecule has 1 aromatic carbocycles. The smallest absolute Gasteiger partial charge is 0.434 e. The molecule has 3 aromatic rings. The zero-order chi connectivity index (χ0) is 22.6. The minimum Gasteiger partial charge on any atom is -0.467 e. The van der Waals surface area contributed by atoms with Gasteiger partial charge in [0.2, 0.25) is 0 Å². The van der Waals surface area contributed by atoms with Crippen LogP contribution in [0.3, 0.4) is 0 Å². The Balaban J connectivity index is 1.94. The summed E-state index contributed by atoms with van der Waals surface area (Å²) in [4.78, 5) is 27.4. The Morgan fingerprint density at radius 2 is 2.06 bits per heavy atom. The van der Waals surface area contributed by atoms with Gasteiger partial charge in [-0.05, 0) is 30.7 Å². The highest BCUT2D eigenvalue weighted by Crippen LogP contribution is 2.35. The molecule has 1 N–H and O–H groups in total. The Kier molecular flexibility index (Phi) is 6.96. The second kappa shape index (κ2) is 9.48. The maximum atomic E-state index is 13.8. The SMILES string of the molecule is CCC(COC=O)c1ncsc1NC(=O)c1cnn(-c2ccc(Cl)cc2)c1C(F)(F)F. The summed E-state index contributed by atoms with van der Waals surface area (Å²) in [5, 5.41) is 6.88. The molecule has 1 atom stereocenters. The van der Waals surface area contributed by atoms with Crippen LogP contribution in [0.15, 0.2) is 36.0 Å². The summed E-state index contributed by atoms with van der Waals surface area (Å²) >= 11 is 6.86. The Morgan fingerprint density at radius 1 is 1.35 bits per heavy atom. The summed E-state index contributed by atoms with van der Waals surface area (Å²) in [6.07, 6.45) is -3.44. The van der Waals surface area contributed by atoms with Crippen LogP contribution in [0, 0.1) is 0 Å². The molecular formula is C19H16ClF3N4O3S. The van der Waals surface area contributed by atoms with Gasteiger partial charge in [-0.2, -0.15) is 18.3 Å². The number of halogens is 4. The standard InChI is InChI=1S/C19H16ClF3N4O3S/c1-2-11(8-30-10-28)15-18(31-9-24-15)26-17(29)14-7-25-27(16(14)19(21,22)23)13-5-3-12(20)4-6-13/h3-7,9-11H,2,8H2,1H3,(H,26,29). The Bertz CT molecular complexity index is 1070. The van der Waals surface area contributed by atoms with Gasteiger partial charge in [0.25, 0.3) is 12.4 Å². The molecule has 7 nitrogen and oxygen atoms in total. The monoisotopic (exact) mass is 472 g/mol. The van der Waals surface area contributed by atoms with Gasteiger partial charge in [-0.15, -0.1) is 11.3 Å². The summed E-state index contributed by atoms with van der Waals surface area (Å²) in [5.41, 5.74) is 0.137. The van der Waals surface area contributed by atoms with Crippen LogP contribution in [0.5, 0.6) is 0 Å². The van der Waals surface area contributed by atoms with Gasteiger partial charge in [0.15, 0.2) is 5.69 Å². The number of benzene rings is 1. The number of carbonyl (C=O) groups excluding carboxylic acids is 2. The van der Waals surface area contributed by atoms with Crippen molar-refractivity contribution in [2.24, 2.45) is 0 Å². The topological polar surface area (TPSA) is 86.1 Å². The second-order valence-corrected chi connectivity index (χ2v) is 7.64. The van der Waals surface area contributed by atoms with Crippen LogP contribution in [0.25, 0.3) is 5.69 Å². The molecule has 0 aliphatic heterocycles. The third-order valence-electron chi connectivity index (χ3n) is 4.42. The Morgan fingerprint density at radius 3 is 2.68 bits per heavy atom. The van der Waals surface area contributed by atoms with E-state index in [0.717, 1.165) is 17.5 Å². The highest BCUT2D eigenvalue weighted by atomic mass is 35.5. The molecule has 0 aliphatic rings. The number of nitrogens with zero attached hydrogens (tertiary/aromatic N) is 3. The number of anilines is 1. The molecule has 0 saturated carbocycles. The lowest BCUT2D eigenvalue weighted by Gasteiger charge is -2.15. The predicted molar refractivity (Wildman–Crippen MR) is 109 cm³/mol. The largest absolute Gasteiger partial charge is 0.467 e. The molecular weight excluding hydrogens is 457 g/mol. The number of ether oxygens (including phenoxy) is 1. The number of alkyl halides is 3. The molecule has 0 radical (unpaired) electrons. The van der Waals surface area contributed by atoms with E-state index in [2.05, 4.69) is 15.4 Å². The van der Waals surface area contributed by atoms with Gasteiger partial charge in [0.1, 0.15) is 5.00 Å². The number of hydrogen-bond acceptors (Lipinski definition) is 6. The van der Waals surface area contributed by atoms with E-state index < -0.39 is 23.3 Å². The summed E-state index contributed by atoms with van der Waals surface area (Å²) in [6, 6.07) is 5.58. The number of aromatic nitrogens is 3. The van der Waals surface area contributed by atoms with Crippen LogP contribution < -0.4 is 5.32 Å². The third-order valence-corrected chi connectivity index (χ3v) is 5.43. The van der Waals surface area contributed by atoms with Gasteiger partial charge in [0.05, 0.1) is 35.3 Å². The first-order valence-electron chi connectivity index (χ1n) is 8.97. The molecule has 0 saturated heterocycles. The number of hydrogen-bond donors (Lipinski definition) is 1. The highest BCUT2D eigenvalue weighted by molar-refractivity contribution is 7.14. The summed E-state index contributed by atoms with van der Waals surface area (Å²) < 4.78 is 46.9. The average molecular weight is 473 g/mol. The number of amides is 1. The van der Waals surface area contributed by atoms with Crippen molar-refractivity contribution in [2.75, 3.05) is 11.9 Å². The van der Waals surface area contributed by atoms with Crippen molar-refractivity contribution in [1.82, 2.24) is 14.8 Å². The van der Waals surface area contributed by atoms with E-state index in [-0.39, 0.29) is 23.2 Å². The lowest BCUT2D eigenvalue weighted by atomic mass is 10.0. The van der Waals surface area contributed by atoms with Gasteiger partial charge in [-0.3, -0.25) is 9.59 Å². The number of nitrogens with one attached hydrogen (secondary N) is 1. The molecule has 0 bridgehead atoms. The number of thiazole rings is 1. The molecule has 3 rings (SSSR count). The molecule has 2 heterocycles. The maximum Gasteiger partial charge on any atom is 0.434 e. The fourth-order valence-electron chi connectivity index (χ4n) is 2.92. The fraction of sp³-hybridized carbons (Fsp3) is 0.263. The van der Waals surface area contributed by atoms with Gasteiger partial charge < -0.3 is 10.1 Å². The zero-order valence-corrected chi connectivity index (χ0v) is 17.6. The molecule has 12 heteroatoms. The van der Waals surface area contributed by atoms with Crippen molar-refractivity contribution in [3.8, 4) is 5.69 Å². The molecule has 0 aliphatic carbocycles. The van der Waals surface area contributed by atoms with E-state index in [1.807, 2.05) is 6.92 Å². The second-order valence-electron chi connectivity index (χ2n) is 6.35. The first kappa shape index (κ1) is 22.8. The summed E-state index contributed by atoms with van der Waals surface area (Å²) in [7, 11) is 0. The molecule has 2 aromatic heterocycles. The van der Waals surface area contributed by atoms with Crippen LogP contribution in [0.4, 0.5) is 18.2 Å². The van der Waals surface area contributed by atoms with Gasteiger partial charge in [0, 0.05) is 10.9 Å². The van der Waals surface area contributed by atoms with Crippen molar-refractivity contribution in [3.05, 3.63) is 57.9 Å². The molecule has 164 valence electrons. The van der Waals surface area contributed by atoms with E-state index >= 15 is 0 Å². The van der Waals surface area contributed by atoms with Gasteiger partial charge in [-0.25, -0.2) is 9.67 Å². The first-order chi connectivity index (χ1) is 14.8. The maximum absolute atomic E-state index is 13.8. The van der Waals surface area contributed by atoms with Crippen LogP contribution in [-0.2, 0) is 15.7 Å². The van der Waals surface area contributed by atoms with Gasteiger partial charge in [-0.1, -0.05) is 18.5 Å². The Labute approximate surface area is 183 Å². The van der Waals surface area contributed by atoms with E-state index in [9.17, 15) is 22.8 Å². The molecule has 1 amide bonds. The van der Waals surface area contributed by atoms with Crippen molar-refractivity contribution in [1.29, 1.82) is 0 Å². The third kappa shape index (κ3) is 5.05. The lowest BCUT2D eigenvalue weighted by Crippen LogP contribution is -2.21. The normalized spacial score (nSPS) is 12.4. The fourth-order valence-corrected chi connectivity index (χ4v) is 3.81. The van der Waals surface area contributed by atoms with Crippen molar-refractivity contribution < 1.29 is 27.5 Å². The highest BCUT2D eigenvalue weighted by Gasteiger charge is 2.40. The van der Waals surface area contributed by atoms with E-state index in [0.29, 0.717) is 28.3 Å². The van der Waals surface area contributed by atoms with Crippen LogP contribution in [0.2, 0.25) is 5.02 Å². The van der Waals surface area contributed by atoms with Crippen LogP contribution in [0.1, 0.15) is 41.0 Å². The van der Waals surface area contributed by atoms with E-state index in [1.165, 1.54) is 29.8 Å². The molecule has 1 unspecified atom stereocenters. The lowest BCUT2D eigenvalue weighted by molar-refractivity contribution is -0.143. The van der Waals surface area contributed by atoms with E-state index in [4.69, 9.17) is 16.3 Å². The molecule has 0 spiro atoms. The average Bonchev–Trinajstić information content (AvgIpc) is 3.36. The zero-order valence-electron chi connectivity index (χ0n) is 16.0. The van der Waals surface area contributed by atoms with Crippen molar-refractivity contribution in [3.63, 3.8) is 0 Å². The number of rotatable bonds is 8.